The van der Waals surface area contributed by atoms with E-state index >= 15 is 0 Å². The molecule has 0 saturated heterocycles. The first-order chi connectivity index (χ1) is 8.20. The van der Waals surface area contributed by atoms with E-state index in [4.69, 9.17) is 5.26 Å². The molecule has 4 nitrogen and oxygen atoms in total. The summed E-state index contributed by atoms with van der Waals surface area (Å²) in [7, 11) is 0. The second-order valence-electron chi connectivity index (χ2n) is 5.00. The molecule has 0 N–H and O–H groups in total. The van der Waals surface area contributed by atoms with E-state index in [2.05, 4.69) is 28.9 Å². The van der Waals surface area contributed by atoms with Crippen LogP contribution in [-0.4, -0.2) is 22.8 Å². The third kappa shape index (κ3) is 3.16. The van der Waals surface area contributed by atoms with Crippen LogP contribution in [0.3, 0.4) is 0 Å². The Labute approximate surface area is 102 Å². The topological polar surface area (TPSA) is 52.8 Å². The average Bonchev–Trinajstić information content (AvgIpc) is 3.14. The molecule has 1 aromatic heterocycles. The predicted molar refractivity (Wildman–Crippen MR) is 66.6 cm³/mol. The number of nitriles is 1. The average molecular weight is 230 g/mol. The van der Waals surface area contributed by atoms with E-state index < -0.39 is 0 Å². The van der Waals surface area contributed by atoms with Crippen LogP contribution < -0.4 is 4.90 Å². The zero-order valence-electron chi connectivity index (χ0n) is 10.4. The van der Waals surface area contributed by atoms with Crippen LogP contribution in [0, 0.1) is 17.2 Å². The molecule has 0 unspecified atom stereocenters. The van der Waals surface area contributed by atoms with Gasteiger partial charge in [0.2, 0.25) is 0 Å². The van der Waals surface area contributed by atoms with Crippen LogP contribution in [-0.2, 0) is 0 Å². The van der Waals surface area contributed by atoms with Gasteiger partial charge in [-0.25, -0.2) is 0 Å². The molecule has 2 rings (SSSR count). The highest BCUT2D eigenvalue weighted by atomic mass is 15.3. The third-order valence-corrected chi connectivity index (χ3v) is 2.99. The lowest BCUT2D eigenvalue weighted by atomic mass is 10.1. The van der Waals surface area contributed by atoms with E-state index in [1.807, 2.05) is 12.1 Å². The lowest BCUT2D eigenvalue weighted by Gasteiger charge is -2.23. The van der Waals surface area contributed by atoms with Crippen molar-refractivity contribution in [1.29, 1.82) is 5.26 Å². The number of rotatable bonds is 5. The van der Waals surface area contributed by atoms with Crippen LogP contribution in [0.5, 0.6) is 0 Å². The molecule has 0 aliphatic heterocycles. The smallest absolute Gasteiger partial charge is 0.163 e. The van der Waals surface area contributed by atoms with Gasteiger partial charge in [0.1, 0.15) is 6.07 Å². The maximum absolute atomic E-state index is 8.70. The lowest BCUT2D eigenvalue weighted by molar-refractivity contribution is 0.567. The molecule has 1 aliphatic carbocycles. The summed E-state index contributed by atoms with van der Waals surface area (Å²) in [6.07, 6.45) is 3.66. The molecule has 1 aliphatic rings. The van der Waals surface area contributed by atoms with Crippen molar-refractivity contribution in [3.8, 4) is 6.07 Å². The molecule has 0 radical (unpaired) electrons. The number of anilines is 1. The van der Waals surface area contributed by atoms with Crippen molar-refractivity contribution in [3.63, 3.8) is 0 Å². The monoisotopic (exact) mass is 230 g/mol. The second kappa shape index (κ2) is 5.13. The third-order valence-electron chi connectivity index (χ3n) is 2.99. The Balaban J connectivity index is 2.06. The maximum atomic E-state index is 8.70. The van der Waals surface area contributed by atoms with Crippen LogP contribution in [0.2, 0.25) is 0 Å². The first-order valence-electron chi connectivity index (χ1n) is 6.21. The zero-order chi connectivity index (χ0) is 12.3. The molecule has 0 amide bonds. The minimum atomic E-state index is 0.383. The van der Waals surface area contributed by atoms with Crippen molar-refractivity contribution < 1.29 is 0 Å². The molecule has 0 atom stereocenters. The van der Waals surface area contributed by atoms with Gasteiger partial charge in [-0.2, -0.15) is 5.26 Å². The van der Waals surface area contributed by atoms with Crippen molar-refractivity contribution >= 4 is 5.82 Å². The maximum Gasteiger partial charge on any atom is 0.163 e. The van der Waals surface area contributed by atoms with Crippen LogP contribution in [0.15, 0.2) is 12.1 Å². The van der Waals surface area contributed by atoms with Gasteiger partial charge in [-0.05, 0) is 37.3 Å². The summed E-state index contributed by atoms with van der Waals surface area (Å²) in [5, 5.41) is 16.7. The quantitative estimate of drug-likeness (QED) is 0.779. The molecule has 1 saturated carbocycles. The molecule has 4 heteroatoms. The SMILES string of the molecule is CC(C)CCN(c1ccc(C#N)nn1)C1CC1. The molecule has 90 valence electrons. The summed E-state index contributed by atoms with van der Waals surface area (Å²) >= 11 is 0. The molecule has 0 spiro atoms. The molecule has 1 fully saturated rings. The summed E-state index contributed by atoms with van der Waals surface area (Å²) in [5.74, 6) is 1.61. The Morgan fingerprint density at radius 1 is 1.41 bits per heavy atom. The van der Waals surface area contributed by atoms with Crippen LogP contribution in [0.4, 0.5) is 5.82 Å². The highest BCUT2D eigenvalue weighted by molar-refractivity contribution is 5.41. The summed E-state index contributed by atoms with van der Waals surface area (Å²) in [6, 6.07) is 6.28. The zero-order valence-corrected chi connectivity index (χ0v) is 10.4. The predicted octanol–water partition coefficient (Wildman–Crippen LogP) is 2.36. The number of hydrogen-bond acceptors (Lipinski definition) is 4. The number of aromatic nitrogens is 2. The van der Waals surface area contributed by atoms with Gasteiger partial charge >= 0.3 is 0 Å². The minimum Gasteiger partial charge on any atom is -0.352 e. The van der Waals surface area contributed by atoms with Gasteiger partial charge in [0.05, 0.1) is 0 Å². The Kier molecular flexibility index (Phi) is 3.58. The Morgan fingerprint density at radius 3 is 2.65 bits per heavy atom. The van der Waals surface area contributed by atoms with Crippen molar-refractivity contribution in [2.75, 3.05) is 11.4 Å². The van der Waals surface area contributed by atoms with Gasteiger partial charge in [-0.15, -0.1) is 10.2 Å². The van der Waals surface area contributed by atoms with E-state index in [0.29, 0.717) is 17.7 Å². The molecular weight excluding hydrogens is 212 g/mol. The van der Waals surface area contributed by atoms with Gasteiger partial charge in [0, 0.05) is 12.6 Å². The molecule has 0 aromatic carbocycles. The minimum absolute atomic E-state index is 0.383. The molecule has 0 bridgehead atoms. The standard InChI is InChI=1S/C13H18N4/c1-10(2)7-8-17(12-4-5-12)13-6-3-11(9-14)15-16-13/h3,6,10,12H,4-5,7-8H2,1-2H3. The normalized spacial score (nSPS) is 14.7. The first-order valence-corrected chi connectivity index (χ1v) is 6.21. The van der Waals surface area contributed by atoms with E-state index in [1.54, 1.807) is 6.07 Å². The van der Waals surface area contributed by atoms with E-state index in [1.165, 1.54) is 12.8 Å². The molecule has 17 heavy (non-hydrogen) atoms. The van der Waals surface area contributed by atoms with Crippen molar-refractivity contribution in [2.24, 2.45) is 5.92 Å². The highest BCUT2D eigenvalue weighted by Gasteiger charge is 2.29. The Bertz CT molecular complexity index is 400. The summed E-state index contributed by atoms with van der Waals surface area (Å²) in [4.78, 5) is 2.33. The Morgan fingerprint density at radius 2 is 2.18 bits per heavy atom. The van der Waals surface area contributed by atoms with Crippen molar-refractivity contribution in [2.45, 2.75) is 39.2 Å². The van der Waals surface area contributed by atoms with E-state index in [9.17, 15) is 0 Å². The summed E-state index contributed by atoms with van der Waals surface area (Å²) in [6.45, 7) is 5.49. The number of nitrogens with zero attached hydrogens (tertiary/aromatic N) is 4. The largest absolute Gasteiger partial charge is 0.352 e. The van der Waals surface area contributed by atoms with Gasteiger partial charge in [-0.1, -0.05) is 13.8 Å². The second-order valence-corrected chi connectivity index (χ2v) is 5.00. The molecular formula is C13H18N4. The van der Waals surface area contributed by atoms with Crippen molar-refractivity contribution in [3.05, 3.63) is 17.8 Å². The summed E-state index contributed by atoms with van der Waals surface area (Å²) < 4.78 is 0. The van der Waals surface area contributed by atoms with Crippen LogP contribution in [0.1, 0.15) is 38.8 Å². The van der Waals surface area contributed by atoms with Crippen LogP contribution in [0.25, 0.3) is 0 Å². The fraction of sp³-hybridized carbons (Fsp3) is 0.615. The summed E-state index contributed by atoms with van der Waals surface area (Å²) in [5.41, 5.74) is 0.383. The first kappa shape index (κ1) is 11.8. The van der Waals surface area contributed by atoms with Crippen molar-refractivity contribution in [1.82, 2.24) is 10.2 Å². The number of hydrogen-bond donors (Lipinski definition) is 0. The fourth-order valence-electron chi connectivity index (χ4n) is 1.81. The van der Waals surface area contributed by atoms with Crippen LogP contribution >= 0.6 is 0 Å². The van der Waals surface area contributed by atoms with Gasteiger partial charge in [0.25, 0.3) is 0 Å². The highest BCUT2D eigenvalue weighted by Crippen LogP contribution is 2.30. The molecule has 1 aromatic rings. The van der Waals surface area contributed by atoms with Gasteiger partial charge < -0.3 is 4.90 Å². The van der Waals surface area contributed by atoms with Gasteiger partial charge in [-0.3, -0.25) is 0 Å². The Hall–Kier alpha value is -1.63. The lowest BCUT2D eigenvalue weighted by Crippen LogP contribution is -2.28. The van der Waals surface area contributed by atoms with E-state index in [-0.39, 0.29) is 0 Å². The van der Waals surface area contributed by atoms with Gasteiger partial charge in [0.15, 0.2) is 11.5 Å². The fourth-order valence-corrected chi connectivity index (χ4v) is 1.81. The van der Waals surface area contributed by atoms with E-state index in [0.717, 1.165) is 18.8 Å². The molecule has 1 heterocycles.